The first-order valence-corrected chi connectivity index (χ1v) is 20.9. The van der Waals surface area contributed by atoms with E-state index in [9.17, 15) is 59.7 Å². The summed E-state index contributed by atoms with van der Waals surface area (Å²) < 4.78 is 20.3. The number of nitrogen functional groups attached to an aromatic ring is 1. The molecule has 10 rings (SSSR count). The van der Waals surface area contributed by atoms with E-state index in [1.54, 1.807) is 62.4 Å². The smallest absolute Gasteiger partial charge is 0.340 e. The zero-order valence-electron chi connectivity index (χ0n) is 34.8. The van der Waals surface area contributed by atoms with Crippen LogP contribution in [0.25, 0.3) is 0 Å². The highest BCUT2D eigenvalue weighted by atomic mass is 16.6. The number of esters is 1. The molecule has 6 aliphatic heterocycles. The van der Waals surface area contributed by atoms with Crippen LogP contribution in [0.5, 0.6) is 28.7 Å². The van der Waals surface area contributed by atoms with Gasteiger partial charge in [-0.2, -0.15) is 0 Å². The predicted octanol–water partition coefficient (Wildman–Crippen LogP) is 3.60. The molecule has 332 valence electrons. The zero-order chi connectivity index (χ0) is 45.8. The molecular weight excluding hydrogens is 835 g/mol. The average molecular weight is 878 g/mol. The maximum Gasteiger partial charge on any atom is 0.340 e. The van der Waals surface area contributed by atoms with Gasteiger partial charge in [0.1, 0.15) is 59.0 Å². The Hall–Kier alpha value is -6.89. The molecule has 0 bridgehead atoms. The molecule has 9 N–H and O–H groups in total. The van der Waals surface area contributed by atoms with Gasteiger partial charge in [0.15, 0.2) is 5.60 Å². The molecule has 4 aromatic carbocycles. The van der Waals surface area contributed by atoms with E-state index in [-0.39, 0.29) is 92.5 Å². The predicted molar refractivity (Wildman–Crippen MR) is 220 cm³/mol. The SMILES string of the molecule is CCc1c(O)c(CC23C(C(=O)O)N2C3C(=O)O)c2c(c1CC)C1(OC(=O)c3ccccc31)c1c(c(CC34C(C(=O)O)N3C4C(=O)O)c(O)c(C(C)O)c1C(C)Oc1ccccc1N)O2. The number of phenolic OH excluding ortho intramolecular Hbond substituents is 2. The van der Waals surface area contributed by atoms with Crippen molar-refractivity contribution in [3.8, 4) is 28.7 Å². The molecule has 1 spiro atoms. The summed E-state index contributed by atoms with van der Waals surface area (Å²) in [4.78, 5) is 67.1. The molecule has 6 heterocycles. The lowest BCUT2D eigenvalue weighted by Gasteiger charge is -2.43. The molecule has 0 radical (unpaired) electrons. The molecule has 18 heteroatoms. The molecule has 4 fully saturated rings. The van der Waals surface area contributed by atoms with Gasteiger partial charge in [-0.25, -0.2) is 4.79 Å². The summed E-state index contributed by atoms with van der Waals surface area (Å²) in [5, 5.41) is 77.5. The van der Waals surface area contributed by atoms with Crippen LogP contribution in [-0.2, 0) is 55.2 Å². The number of rotatable bonds is 14. The fourth-order valence-electron chi connectivity index (χ4n) is 11.6. The number of carboxylic acids is 4. The van der Waals surface area contributed by atoms with Crippen molar-refractivity contribution < 1.29 is 73.9 Å². The topological polar surface area (TPSA) is 287 Å². The number of aliphatic hydroxyl groups is 1. The third-order valence-electron chi connectivity index (χ3n) is 14.3. The number of nitrogens with two attached hydrogens (primary N) is 1. The minimum atomic E-state index is -2.08. The van der Waals surface area contributed by atoms with E-state index in [0.717, 1.165) is 0 Å². The molecular formula is C46H43N3O15. The van der Waals surface area contributed by atoms with Crippen molar-refractivity contribution in [2.75, 3.05) is 5.73 Å². The van der Waals surface area contributed by atoms with Crippen LogP contribution in [0, 0.1) is 0 Å². The molecule has 6 aliphatic rings. The van der Waals surface area contributed by atoms with Crippen LogP contribution in [-0.4, -0.2) is 111 Å². The number of aromatic hydroxyl groups is 2. The Kier molecular flexibility index (Phi) is 8.56. The lowest BCUT2D eigenvalue weighted by atomic mass is 9.69. The number of aliphatic carboxylic acids is 4. The lowest BCUT2D eigenvalue weighted by Crippen LogP contribution is -2.40. The molecule has 7 unspecified atom stereocenters. The standard InChI is InChI=1S/C46H43N3O15/c1-5-19-20(6-2)31(51)22(15-44-35(39(53)54)48(44)36(44)40(55)56)33-29(19)46(24-12-8-7-11-21(24)43(61)64-46)30-28(18(4)62-26-14-10-9-13-25(26)47)27(17(3)50)32(52)23(34(30)63-33)16-45-37(41(57)58)49(45)38(45)42(59)60/h7-14,17-18,35-38,50-52H,5-6,15-16,47H2,1-4H3,(H,53,54)(H,55,56)(H,57,58)(H,59,60). The Morgan fingerprint density at radius 3 is 1.73 bits per heavy atom. The van der Waals surface area contributed by atoms with Gasteiger partial charge in [-0.15, -0.1) is 0 Å². The number of aliphatic hydroxyl groups excluding tert-OH is 1. The van der Waals surface area contributed by atoms with Crippen LogP contribution < -0.4 is 15.2 Å². The first-order chi connectivity index (χ1) is 30.4. The van der Waals surface area contributed by atoms with Crippen LogP contribution in [0.2, 0.25) is 0 Å². The van der Waals surface area contributed by atoms with Crippen molar-refractivity contribution >= 4 is 35.5 Å². The van der Waals surface area contributed by atoms with Gasteiger partial charge in [-0.1, -0.05) is 44.2 Å². The van der Waals surface area contributed by atoms with Crippen LogP contribution in [0.4, 0.5) is 5.69 Å². The van der Waals surface area contributed by atoms with Crippen molar-refractivity contribution in [3.05, 3.63) is 104 Å². The molecule has 0 amide bonds. The second-order valence-electron chi connectivity index (χ2n) is 17.4. The quantitative estimate of drug-likeness (QED) is 0.0510. The molecule has 0 aromatic heterocycles. The zero-order valence-corrected chi connectivity index (χ0v) is 34.8. The number of benzene rings is 4. The average Bonchev–Trinajstić information content (AvgIpc) is 4.17. The summed E-state index contributed by atoms with van der Waals surface area (Å²) in [5.41, 5.74) is 2.75. The maximum absolute atomic E-state index is 14.5. The Morgan fingerprint density at radius 2 is 1.22 bits per heavy atom. The summed E-state index contributed by atoms with van der Waals surface area (Å²) in [6.45, 7) is 6.59. The van der Waals surface area contributed by atoms with Crippen molar-refractivity contribution in [3.63, 3.8) is 0 Å². The summed E-state index contributed by atoms with van der Waals surface area (Å²) >= 11 is 0. The van der Waals surface area contributed by atoms with E-state index in [1.165, 1.54) is 16.7 Å². The van der Waals surface area contributed by atoms with Crippen LogP contribution in [0.15, 0.2) is 48.5 Å². The van der Waals surface area contributed by atoms with Crippen molar-refractivity contribution in [1.82, 2.24) is 9.80 Å². The highest BCUT2D eigenvalue weighted by molar-refractivity contribution is 5.99. The molecule has 4 aromatic rings. The van der Waals surface area contributed by atoms with E-state index in [1.807, 2.05) is 6.92 Å². The largest absolute Gasteiger partial charge is 0.507 e. The van der Waals surface area contributed by atoms with Gasteiger partial charge < -0.3 is 55.7 Å². The van der Waals surface area contributed by atoms with Crippen molar-refractivity contribution in [2.45, 2.75) is 106 Å². The third-order valence-corrected chi connectivity index (χ3v) is 14.3. The minimum absolute atomic E-state index is 0.00980. The number of hydrogen-bond donors (Lipinski definition) is 8. The van der Waals surface area contributed by atoms with Gasteiger partial charge in [0, 0.05) is 40.7 Å². The van der Waals surface area contributed by atoms with E-state index in [0.29, 0.717) is 11.1 Å². The maximum atomic E-state index is 14.5. The van der Waals surface area contributed by atoms with Gasteiger partial charge in [0.2, 0.25) is 0 Å². The molecule has 4 saturated heterocycles. The third kappa shape index (κ3) is 4.97. The van der Waals surface area contributed by atoms with E-state index in [2.05, 4.69) is 0 Å². The normalized spacial score (nSPS) is 30.0. The Balaban J connectivity index is 1.33. The van der Waals surface area contributed by atoms with Crippen LogP contribution >= 0.6 is 0 Å². The number of carboxylic acid groups (broad SMARTS) is 4. The summed E-state index contributed by atoms with van der Waals surface area (Å²) in [6, 6.07) is 8.14. The number of fused-ring (bicyclic) bond motifs is 8. The van der Waals surface area contributed by atoms with E-state index < -0.39 is 95.1 Å². The fourth-order valence-corrected chi connectivity index (χ4v) is 11.6. The first kappa shape index (κ1) is 41.1. The van der Waals surface area contributed by atoms with Gasteiger partial charge in [0.25, 0.3) is 0 Å². The second kappa shape index (κ2) is 13.3. The van der Waals surface area contributed by atoms with Crippen molar-refractivity contribution in [1.29, 1.82) is 0 Å². The van der Waals surface area contributed by atoms with Gasteiger partial charge in [0.05, 0.1) is 39.6 Å². The Morgan fingerprint density at radius 1 is 0.719 bits per heavy atom. The molecule has 64 heavy (non-hydrogen) atoms. The monoisotopic (exact) mass is 877 g/mol. The number of carbonyl (C=O) groups is 5. The highest BCUT2D eigenvalue weighted by Gasteiger charge is 2.91. The van der Waals surface area contributed by atoms with Gasteiger partial charge in [-0.3, -0.25) is 29.0 Å². The second-order valence-corrected chi connectivity index (χ2v) is 17.4. The van der Waals surface area contributed by atoms with E-state index in [4.69, 9.17) is 19.9 Å². The molecule has 0 aliphatic carbocycles. The molecule has 7 atom stereocenters. The summed E-state index contributed by atoms with van der Waals surface area (Å²) in [7, 11) is 0. The molecule has 18 nitrogen and oxygen atoms in total. The minimum Gasteiger partial charge on any atom is -0.507 e. The first-order valence-electron chi connectivity index (χ1n) is 20.9. The lowest BCUT2D eigenvalue weighted by molar-refractivity contribution is -0.144. The molecule has 0 saturated carbocycles. The summed E-state index contributed by atoms with van der Waals surface area (Å²) in [5.74, 6) is -7.03. The van der Waals surface area contributed by atoms with Crippen LogP contribution in [0.1, 0.15) is 100 Å². The number of anilines is 1. The van der Waals surface area contributed by atoms with Gasteiger partial charge >= 0.3 is 29.8 Å². The van der Waals surface area contributed by atoms with E-state index >= 15 is 0 Å². The van der Waals surface area contributed by atoms with Crippen molar-refractivity contribution in [2.24, 2.45) is 0 Å². The summed E-state index contributed by atoms with van der Waals surface area (Å²) in [6.07, 6.45) is -3.10. The number of ether oxygens (including phenoxy) is 3. The van der Waals surface area contributed by atoms with Gasteiger partial charge in [-0.05, 0) is 56.0 Å². The number of nitrogens with zero attached hydrogens (tertiary/aromatic N) is 2. The Bertz CT molecular complexity index is 2790. The van der Waals surface area contributed by atoms with Crippen LogP contribution in [0.3, 0.4) is 0 Å². The number of para-hydroxylation sites is 2. The Labute approximate surface area is 363 Å². The highest BCUT2D eigenvalue weighted by Crippen LogP contribution is 2.71. The number of hydrogen-bond acceptors (Lipinski definition) is 14. The number of phenols is 2. The number of carbonyl (C=O) groups excluding carboxylic acids is 1. The fraction of sp³-hybridized carbons (Fsp3) is 0.370.